The van der Waals surface area contributed by atoms with Crippen molar-refractivity contribution < 1.29 is 41.0 Å². The molecule has 0 aromatic heterocycles. The molecule has 4 nitrogen and oxygen atoms in total. The summed E-state index contributed by atoms with van der Waals surface area (Å²) in [5.74, 6) is -0.930. The molecule has 0 saturated heterocycles. The molecule has 1 unspecified atom stereocenters. The summed E-state index contributed by atoms with van der Waals surface area (Å²) >= 11 is 0. The van der Waals surface area contributed by atoms with E-state index in [1.807, 2.05) is 0 Å². The molecule has 0 radical (unpaired) electrons. The number of carbonyl (C=O) groups is 1. The van der Waals surface area contributed by atoms with E-state index in [1.54, 1.807) is 0 Å². The zero-order chi connectivity index (χ0) is 17.7. The lowest BCUT2D eigenvalue weighted by atomic mass is 10.1. The van der Waals surface area contributed by atoms with Gasteiger partial charge >= 0.3 is 12.4 Å². The van der Waals surface area contributed by atoms with Crippen LogP contribution in [-0.2, 0) is 15.7 Å². The number of carbonyl (C=O) groups excluding carboxylic acids is 1. The van der Waals surface area contributed by atoms with Gasteiger partial charge in [-0.2, -0.15) is 26.3 Å². The number of nitrogens with one attached hydrogen (secondary N) is 1. The number of hydrogen-bond acceptors (Lipinski definition) is 3. The van der Waals surface area contributed by atoms with Crippen LogP contribution in [0, 0.1) is 0 Å². The second-order valence-electron chi connectivity index (χ2n) is 4.55. The molecule has 1 rings (SSSR count). The lowest BCUT2D eigenvalue weighted by molar-refractivity contribution is -0.175. The molecule has 0 fully saturated rings. The third-order valence-corrected chi connectivity index (χ3v) is 2.59. The number of benzene rings is 1. The predicted octanol–water partition coefficient (Wildman–Crippen LogP) is 2.43. The van der Waals surface area contributed by atoms with Crippen molar-refractivity contribution in [2.75, 3.05) is 19.8 Å². The second kappa shape index (κ2) is 7.64. The summed E-state index contributed by atoms with van der Waals surface area (Å²) in [4.78, 5) is 11.2. The van der Waals surface area contributed by atoms with Crippen LogP contribution in [0.3, 0.4) is 0 Å². The number of aliphatic hydroxyl groups is 1. The number of alkyl halides is 6. The minimum atomic E-state index is -4.58. The van der Waals surface area contributed by atoms with Crippen LogP contribution in [0.1, 0.15) is 17.2 Å². The van der Waals surface area contributed by atoms with Gasteiger partial charge in [-0.15, -0.1) is 0 Å². The first-order valence-electron chi connectivity index (χ1n) is 6.25. The Morgan fingerprint density at radius 1 is 1.22 bits per heavy atom. The van der Waals surface area contributed by atoms with Gasteiger partial charge in [-0.3, -0.25) is 4.79 Å². The van der Waals surface area contributed by atoms with Gasteiger partial charge in [0.1, 0.15) is 13.2 Å². The summed E-state index contributed by atoms with van der Waals surface area (Å²) in [6.45, 7) is -2.94. The molecule has 1 amide bonds. The number of hydrogen-bond donors (Lipinski definition) is 2. The Labute approximate surface area is 127 Å². The van der Waals surface area contributed by atoms with Gasteiger partial charge in [-0.25, -0.2) is 0 Å². The molecule has 23 heavy (non-hydrogen) atoms. The summed E-state index contributed by atoms with van der Waals surface area (Å²) in [6, 6.07) is 3.86. The summed E-state index contributed by atoms with van der Waals surface area (Å²) in [6.07, 6.45) is -10.6. The zero-order valence-corrected chi connectivity index (χ0v) is 11.5. The van der Waals surface area contributed by atoms with Gasteiger partial charge in [0, 0.05) is 6.54 Å². The Bertz CT molecular complexity index is 529. The monoisotopic (exact) mass is 345 g/mol. The van der Waals surface area contributed by atoms with Crippen LogP contribution in [0.15, 0.2) is 24.3 Å². The van der Waals surface area contributed by atoms with Crippen molar-refractivity contribution in [2.24, 2.45) is 0 Å². The molecule has 130 valence electrons. The third-order valence-electron chi connectivity index (χ3n) is 2.59. The fourth-order valence-electron chi connectivity index (χ4n) is 1.56. The van der Waals surface area contributed by atoms with Gasteiger partial charge in [0.25, 0.3) is 0 Å². The maximum absolute atomic E-state index is 12.5. The fourth-order valence-corrected chi connectivity index (χ4v) is 1.56. The molecule has 0 spiro atoms. The first-order valence-corrected chi connectivity index (χ1v) is 6.25. The highest BCUT2D eigenvalue weighted by Crippen LogP contribution is 2.30. The van der Waals surface area contributed by atoms with Crippen LogP contribution in [-0.4, -0.2) is 36.9 Å². The van der Waals surface area contributed by atoms with Gasteiger partial charge in [-0.05, 0) is 17.7 Å². The molecule has 0 aliphatic heterocycles. The summed E-state index contributed by atoms with van der Waals surface area (Å²) in [5.41, 5.74) is -1.05. The van der Waals surface area contributed by atoms with E-state index >= 15 is 0 Å². The largest absolute Gasteiger partial charge is 0.416 e. The van der Waals surface area contributed by atoms with E-state index in [-0.39, 0.29) is 5.56 Å². The summed E-state index contributed by atoms with van der Waals surface area (Å²) in [7, 11) is 0. The minimum absolute atomic E-state index is 0.0867. The van der Waals surface area contributed by atoms with E-state index in [0.29, 0.717) is 0 Å². The van der Waals surface area contributed by atoms with Crippen molar-refractivity contribution in [3.8, 4) is 0 Å². The van der Waals surface area contributed by atoms with Crippen LogP contribution in [0.4, 0.5) is 26.3 Å². The molecule has 1 aromatic rings. The van der Waals surface area contributed by atoms with E-state index in [0.717, 1.165) is 18.2 Å². The Kier molecular flexibility index (Phi) is 6.39. The molecule has 1 aromatic carbocycles. The van der Waals surface area contributed by atoms with Gasteiger partial charge in [0.05, 0.1) is 11.7 Å². The first kappa shape index (κ1) is 19.2. The lowest BCUT2D eigenvalue weighted by Crippen LogP contribution is -2.32. The topological polar surface area (TPSA) is 58.6 Å². The summed E-state index contributed by atoms with van der Waals surface area (Å²) in [5, 5.41) is 11.8. The van der Waals surface area contributed by atoms with E-state index in [9.17, 15) is 36.2 Å². The number of rotatable bonds is 6. The number of amides is 1. The maximum Gasteiger partial charge on any atom is 0.416 e. The average Bonchev–Trinajstić information content (AvgIpc) is 2.42. The SMILES string of the molecule is O=C(COCC(F)(F)F)NCC(O)c1cccc(C(F)(F)F)c1. The third kappa shape index (κ3) is 7.33. The molecular formula is C13H13F6NO3. The van der Waals surface area contributed by atoms with Gasteiger partial charge < -0.3 is 15.2 Å². The van der Waals surface area contributed by atoms with E-state index in [1.165, 1.54) is 6.07 Å². The van der Waals surface area contributed by atoms with Crippen molar-refractivity contribution in [1.82, 2.24) is 5.32 Å². The molecule has 0 aliphatic rings. The van der Waals surface area contributed by atoms with E-state index < -0.39 is 49.7 Å². The van der Waals surface area contributed by atoms with Gasteiger partial charge in [0.2, 0.25) is 5.91 Å². The molecule has 0 heterocycles. The predicted molar refractivity (Wildman–Crippen MR) is 66.3 cm³/mol. The smallest absolute Gasteiger partial charge is 0.387 e. The molecule has 10 heteroatoms. The zero-order valence-electron chi connectivity index (χ0n) is 11.5. The Morgan fingerprint density at radius 2 is 1.87 bits per heavy atom. The van der Waals surface area contributed by atoms with Crippen molar-refractivity contribution in [3.63, 3.8) is 0 Å². The minimum Gasteiger partial charge on any atom is -0.387 e. The lowest BCUT2D eigenvalue weighted by Gasteiger charge is -2.14. The van der Waals surface area contributed by atoms with Crippen LogP contribution in [0.2, 0.25) is 0 Å². The molecule has 1 atom stereocenters. The molecule has 0 saturated carbocycles. The maximum atomic E-state index is 12.5. The van der Waals surface area contributed by atoms with E-state index in [4.69, 9.17) is 0 Å². The number of halogens is 6. The first-order chi connectivity index (χ1) is 10.5. The second-order valence-corrected chi connectivity index (χ2v) is 4.55. The van der Waals surface area contributed by atoms with Gasteiger partial charge in [-0.1, -0.05) is 12.1 Å². The highest BCUT2D eigenvalue weighted by Gasteiger charge is 2.31. The Morgan fingerprint density at radius 3 is 2.43 bits per heavy atom. The van der Waals surface area contributed by atoms with Gasteiger partial charge in [0.15, 0.2) is 0 Å². The molecular weight excluding hydrogens is 332 g/mol. The van der Waals surface area contributed by atoms with Crippen molar-refractivity contribution in [1.29, 1.82) is 0 Å². The standard InChI is InChI=1S/C13H13F6NO3/c14-12(15,16)7-23-6-11(22)20-5-10(21)8-2-1-3-9(4-8)13(17,18)19/h1-4,10,21H,5-7H2,(H,20,22). The highest BCUT2D eigenvalue weighted by atomic mass is 19.4. The molecule has 2 N–H and O–H groups in total. The number of ether oxygens (including phenoxy) is 1. The van der Waals surface area contributed by atoms with Crippen molar-refractivity contribution >= 4 is 5.91 Å². The number of aliphatic hydroxyl groups excluding tert-OH is 1. The Balaban J connectivity index is 2.48. The van der Waals surface area contributed by atoms with Crippen molar-refractivity contribution in [2.45, 2.75) is 18.5 Å². The highest BCUT2D eigenvalue weighted by molar-refractivity contribution is 5.77. The van der Waals surface area contributed by atoms with Crippen LogP contribution < -0.4 is 5.32 Å². The Hall–Kier alpha value is -1.81. The van der Waals surface area contributed by atoms with Crippen LogP contribution in [0.25, 0.3) is 0 Å². The summed E-state index contributed by atoms with van der Waals surface area (Å²) < 4.78 is 77.0. The average molecular weight is 345 g/mol. The molecule has 0 aliphatic carbocycles. The van der Waals surface area contributed by atoms with Crippen molar-refractivity contribution in [3.05, 3.63) is 35.4 Å². The normalized spacial score (nSPS) is 13.7. The van der Waals surface area contributed by atoms with Crippen LogP contribution >= 0.6 is 0 Å². The quantitative estimate of drug-likeness (QED) is 0.779. The van der Waals surface area contributed by atoms with Crippen LogP contribution in [0.5, 0.6) is 0 Å². The van der Waals surface area contributed by atoms with E-state index in [2.05, 4.69) is 10.1 Å². The molecule has 0 bridgehead atoms. The fraction of sp³-hybridized carbons (Fsp3) is 0.462.